The number of nitrogens with one attached hydrogen (secondary N) is 1. The number of alkyl carbamates (subject to hydrolysis) is 1. The number of amides is 1. The summed E-state index contributed by atoms with van der Waals surface area (Å²) < 4.78 is 15.5. The minimum absolute atomic E-state index is 0.592. The Morgan fingerprint density at radius 1 is 1.14 bits per heavy atom. The van der Waals surface area contributed by atoms with Gasteiger partial charge in [0.15, 0.2) is 6.04 Å². The third-order valence-electron chi connectivity index (χ3n) is 2.66. The van der Waals surface area contributed by atoms with Crippen LogP contribution in [-0.2, 0) is 14.3 Å². The molecule has 22 heavy (non-hydrogen) atoms. The standard InChI is InChI=1S/C16H23NO5/c1-11(21-12-9-7-6-8-10-12)13(14(18)20-5)17-15(19)22-16(2,3)4/h6-11,13H,1-5H3,(H,17,19)/t11-,13+/m1/s1. The van der Waals surface area contributed by atoms with Crippen LogP contribution in [0.2, 0.25) is 0 Å². The van der Waals surface area contributed by atoms with Gasteiger partial charge in [-0.05, 0) is 39.8 Å². The fourth-order valence-corrected chi connectivity index (χ4v) is 1.71. The highest BCUT2D eigenvalue weighted by Crippen LogP contribution is 2.14. The number of rotatable bonds is 5. The van der Waals surface area contributed by atoms with Crippen LogP contribution in [0, 0.1) is 0 Å². The Morgan fingerprint density at radius 2 is 1.73 bits per heavy atom. The summed E-state index contributed by atoms with van der Waals surface area (Å²) in [6, 6.07) is 8.04. The third-order valence-corrected chi connectivity index (χ3v) is 2.66. The van der Waals surface area contributed by atoms with Crippen LogP contribution >= 0.6 is 0 Å². The maximum atomic E-state index is 11.9. The highest BCUT2D eigenvalue weighted by Gasteiger charge is 2.31. The third kappa shape index (κ3) is 6.03. The molecule has 0 aliphatic rings. The highest BCUT2D eigenvalue weighted by atomic mass is 16.6. The molecule has 0 spiro atoms. The molecule has 6 nitrogen and oxygen atoms in total. The zero-order valence-corrected chi connectivity index (χ0v) is 13.6. The molecule has 0 radical (unpaired) electrons. The second kappa shape index (κ2) is 7.68. The van der Waals surface area contributed by atoms with Gasteiger partial charge in [0.1, 0.15) is 17.5 Å². The van der Waals surface area contributed by atoms with Crippen molar-refractivity contribution in [1.29, 1.82) is 0 Å². The molecule has 0 aromatic heterocycles. The smallest absolute Gasteiger partial charge is 0.408 e. The molecule has 2 atom stereocenters. The molecular formula is C16H23NO5. The Kier molecular flexibility index (Phi) is 6.22. The van der Waals surface area contributed by atoms with Crippen LogP contribution in [0.4, 0.5) is 4.79 Å². The van der Waals surface area contributed by atoms with Crippen molar-refractivity contribution in [1.82, 2.24) is 5.32 Å². The Hall–Kier alpha value is -2.24. The quantitative estimate of drug-likeness (QED) is 0.846. The molecule has 0 aliphatic heterocycles. The van der Waals surface area contributed by atoms with Gasteiger partial charge in [0.05, 0.1) is 7.11 Å². The first kappa shape index (κ1) is 17.8. The fourth-order valence-electron chi connectivity index (χ4n) is 1.71. The van der Waals surface area contributed by atoms with Crippen LogP contribution in [-0.4, -0.2) is 36.9 Å². The van der Waals surface area contributed by atoms with E-state index in [0.717, 1.165) is 0 Å². The van der Waals surface area contributed by atoms with Crippen LogP contribution in [0.1, 0.15) is 27.7 Å². The molecule has 1 rings (SSSR count). The van der Waals surface area contributed by atoms with E-state index in [1.165, 1.54) is 7.11 Å². The molecule has 1 amide bonds. The number of carbonyl (C=O) groups excluding carboxylic acids is 2. The fraction of sp³-hybridized carbons (Fsp3) is 0.500. The van der Waals surface area contributed by atoms with Crippen LogP contribution in [0.25, 0.3) is 0 Å². The van der Waals surface area contributed by atoms with Crippen molar-refractivity contribution >= 4 is 12.1 Å². The summed E-state index contributed by atoms with van der Waals surface area (Å²) in [4.78, 5) is 23.7. The SMILES string of the molecule is COC(=O)[C@@H](NC(=O)OC(C)(C)C)[C@@H](C)Oc1ccccc1. The lowest BCUT2D eigenvalue weighted by Gasteiger charge is -2.26. The summed E-state index contributed by atoms with van der Waals surface area (Å²) in [5.74, 6) is -0.0100. The molecule has 1 aromatic carbocycles. The summed E-state index contributed by atoms with van der Waals surface area (Å²) >= 11 is 0. The molecular weight excluding hydrogens is 286 g/mol. The number of benzene rings is 1. The summed E-state index contributed by atoms with van der Waals surface area (Å²) in [7, 11) is 1.25. The Bertz CT molecular complexity index is 495. The summed E-state index contributed by atoms with van der Waals surface area (Å²) in [5.41, 5.74) is -0.658. The van der Waals surface area contributed by atoms with Crippen molar-refractivity contribution in [3.8, 4) is 5.75 Å². The van der Waals surface area contributed by atoms with E-state index in [-0.39, 0.29) is 0 Å². The Balaban J connectivity index is 2.75. The minimum atomic E-state index is -0.972. The van der Waals surface area contributed by atoms with Crippen LogP contribution < -0.4 is 10.1 Å². The monoisotopic (exact) mass is 309 g/mol. The molecule has 1 N–H and O–H groups in total. The molecule has 1 aromatic rings. The van der Waals surface area contributed by atoms with Gasteiger partial charge in [0.25, 0.3) is 0 Å². The van der Waals surface area contributed by atoms with E-state index in [2.05, 4.69) is 5.32 Å². The van der Waals surface area contributed by atoms with Crippen molar-refractivity contribution in [2.75, 3.05) is 7.11 Å². The van der Waals surface area contributed by atoms with E-state index in [4.69, 9.17) is 14.2 Å². The van der Waals surface area contributed by atoms with Crippen LogP contribution in [0.5, 0.6) is 5.75 Å². The zero-order valence-electron chi connectivity index (χ0n) is 13.6. The maximum absolute atomic E-state index is 11.9. The van der Waals surface area contributed by atoms with Crippen LogP contribution in [0.15, 0.2) is 30.3 Å². The number of ether oxygens (including phenoxy) is 3. The molecule has 0 bridgehead atoms. The van der Waals surface area contributed by atoms with Crippen molar-refractivity contribution in [3.05, 3.63) is 30.3 Å². The topological polar surface area (TPSA) is 73.9 Å². The van der Waals surface area contributed by atoms with E-state index in [1.807, 2.05) is 18.2 Å². The van der Waals surface area contributed by atoms with Crippen LogP contribution in [0.3, 0.4) is 0 Å². The van der Waals surface area contributed by atoms with E-state index in [9.17, 15) is 9.59 Å². The van der Waals surface area contributed by atoms with E-state index in [1.54, 1.807) is 39.8 Å². The van der Waals surface area contributed by atoms with E-state index in [0.29, 0.717) is 5.75 Å². The van der Waals surface area contributed by atoms with Gasteiger partial charge in [-0.15, -0.1) is 0 Å². The number of hydrogen-bond acceptors (Lipinski definition) is 5. The van der Waals surface area contributed by atoms with Gasteiger partial charge in [-0.2, -0.15) is 0 Å². The van der Waals surface area contributed by atoms with E-state index >= 15 is 0 Å². The Morgan fingerprint density at radius 3 is 2.23 bits per heavy atom. The molecule has 0 saturated heterocycles. The number of esters is 1. The molecule has 0 fully saturated rings. The van der Waals surface area contributed by atoms with Gasteiger partial charge < -0.3 is 19.5 Å². The number of carbonyl (C=O) groups is 2. The minimum Gasteiger partial charge on any atom is -0.488 e. The van der Waals surface area contributed by atoms with Crippen molar-refractivity contribution in [2.24, 2.45) is 0 Å². The van der Waals surface area contributed by atoms with E-state index < -0.39 is 29.8 Å². The zero-order chi connectivity index (χ0) is 16.8. The van der Waals surface area contributed by atoms with Crippen molar-refractivity contribution < 1.29 is 23.8 Å². The van der Waals surface area contributed by atoms with Gasteiger partial charge in [-0.25, -0.2) is 9.59 Å². The molecule has 0 aliphatic carbocycles. The Labute approximate surface area is 130 Å². The average molecular weight is 309 g/mol. The lowest BCUT2D eigenvalue weighted by Crippen LogP contribution is -2.51. The largest absolute Gasteiger partial charge is 0.488 e. The molecule has 0 saturated carbocycles. The normalized spacial score (nSPS) is 13.7. The van der Waals surface area contributed by atoms with Gasteiger partial charge in [0, 0.05) is 0 Å². The predicted octanol–water partition coefficient (Wildman–Crippen LogP) is 2.52. The van der Waals surface area contributed by atoms with Gasteiger partial charge in [-0.1, -0.05) is 18.2 Å². The molecule has 0 heterocycles. The van der Waals surface area contributed by atoms with Gasteiger partial charge in [0.2, 0.25) is 0 Å². The van der Waals surface area contributed by atoms with Crippen molar-refractivity contribution in [3.63, 3.8) is 0 Å². The highest BCUT2D eigenvalue weighted by molar-refractivity contribution is 5.82. The maximum Gasteiger partial charge on any atom is 0.408 e. The first-order chi connectivity index (χ1) is 10.2. The van der Waals surface area contributed by atoms with Crippen molar-refractivity contribution in [2.45, 2.75) is 45.4 Å². The number of para-hydroxylation sites is 1. The average Bonchev–Trinajstić information content (AvgIpc) is 2.43. The first-order valence-corrected chi connectivity index (χ1v) is 7.02. The summed E-state index contributed by atoms with van der Waals surface area (Å²) in [5, 5.41) is 2.48. The first-order valence-electron chi connectivity index (χ1n) is 7.02. The predicted molar refractivity (Wildman–Crippen MR) is 81.7 cm³/mol. The number of methoxy groups -OCH3 is 1. The second-order valence-electron chi connectivity index (χ2n) is 5.78. The summed E-state index contributed by atoms with van der Waals surface area (Å²) in [6.45, 7) is 6.89. The lowest BCUT2D eigenvalue weighted by molar-refractivity contribution is -0.145. The summed E-state index contributed by atoms with van der Waals surface area (Å²) in [6.07, 6.45) is -1.33. The lowest BCUT2D eigenvalue weighted by atomic mass is 10.2. The molecule has 122 valence electrons. The second-order valence-corrected chi connectivity index (χ2v) is 5.78. The molecule has 6 heteroatoms. The van der Waals surface area contributed by atoms with Gasteiger partial charge in [-0.3, -0.25) is 0 Å². The molecule has 0 unspecified atom stereocenters. The number of hydrogen-bond donors (Lipinski definition) is 1. The van der Waals surface area contributed by atoms with Gasteiger partial charge >= 0.3 is 12.1 Å².